The van der Waals surface area contributed by atoms with Gasteiger partial charge in [0.1, 0.15) is 5.56 Å². The van der Waals surface area contributed by atoms with E-state index in [0.29, 0.717) is 21.5 Å². The second-order valence-corrected chi connectivity index (χ2v) is 8.78. The molecule has 4 heterocycles. The number of hydrogen-bond acceptors (Lipinski definition) is 6. The third-order valence-corrected chi connectivity index (χ3v) is 6.69. The van der Waals surface area contributed by atoms with Crippen molar-refractivity contribution in [3.8, 4) is 23.0 Å². The second-order valence-electron chi connectivity index (χ2n) is 8.78. The highest BCUT2D eigenvalue weighted by molar-refractivity contribution is 5.99. The van der Waals surface area contributed by atoms with E-state index in [-0.39, 0.29) is 38.0 Å². The molecule has 0 bridgehead atoms. The lowest BCUT2D eigenvalue weighted by molar-refractivity contribution is -0.931. The summed E-state index contributed by atoms with van der Waals surface area (Å²) >= 11 is 0. The molecule has 0 saturated heterocycles. The lowest BCUT2D eigenvalue weighted by Crippen LogP contribution is -3.00. The first kappa shape index (κ1) is 19.3. The zero-order chi connectivity index (χ0) is 20.0. The summed E-state index contributed by atoms with van der Waals surface area (Å²) in [5.41, 5.74) is 2.82. The van der Waals surface area contributed by atoms with Crippen LogP contribution in [-0.2, 0) is 16.8 Å². The van der Waals surface area contributed by atoms with Gasteiger partial charge in [0, 0.05) is 17.5 Å². The number of cyclic esters (lactones) is 1. The molecule has 4 aliphatic rings. The van der Waals surface area contributed by atoms with Gasteiger partial charge in [0.15, 0.2) is 34.6 Å². The zero-order valence-electron chi connectivity index (χ0n) is 17.0. The van der Waals surface area contributed by atoms with Crippen molar-refractivity contribution < 1.29 is 45.4 Å². The molecule has 0 fully saturated rings. The third kappa shape index (κ3) is 2.39. The molecule has 0 aliphatic carbocycles. The van der Waals surface area contributed by atoms with Crippen LogP contribution in [0.25, 0.3) is 0 Å². The van der Waals surface area contributed by atoms with Gasteiger partial charge in [-0.2, -0.15) is 0 Å². The van der Waals surface area contributed by atoms with E-state index in [0.717, 1.165) is 35.6 Å². The van der Waals surface area contributed by atoms with Gasteiger partial charge in [0.2, 0.25) is 13.6 Å². The Kier molecular flexibility index (Phi) is 3.98. The molecular weight excluding hydrogens is 410 g/mol. The van der Waals surface area contributed by atoms with Crippen molar-refractivity contribution in [1.82, 2.24) is 0 Å². The highest BCUT2D eigenvalue weighted by Gasteiger charge is 2.58. The largest absolute Gasteiger partial charge is 1.00 e. The van der Waals surface area contributed by atoms with Gasteiger partial charge >= 0.3 is 5.97 Å². The first-order valence-corrected chi connectivity index (χ1v) is 9.80. The average Bonchev–Trinajstić information content (AvgIpc) is 3.37. The standard InChI is InChI=1S/C22H22NO6.ClH/c1-22(14-4-5-15-19(28-11-25-15)18(14)21(24)29-22)20-13-9-17-16(26-10-27-17)8-12(13)6-7-23(20,2)3;/h4-5,8-9,20H,6-7,10-11H2,1-3H3;1H/q+1;/p-1. The average molecular weight is 432 g/mol. The van der Waals surface area contributed by atoms with Crippen LogP contribution in [0.2, 0.25) is 0 Å². The predicted octanol–water partition coefficient (Wildman–Crippen LogP) is -0.0926. The highest BCUT2D eigenvalue weighted by Crippen LogP contribution is 2.56. The van der Waals surface area contributed by atoms with Gasteiger partial charge in [-0.3, -0.25) is 0 Å². The summed E-state index contributed by atoms with van der Waals surface area (Å²) < 4.78 is 29.1. The van der Waals surface area contributed by atoms with Crippen LogP contribution >= 0.6 is 0 Å². The second kappa shape index (κ2) is 6.18. The summed E-state index contributed by atoms with van der Waals surface area (Å²) in [6.45, 7) is 3.28. The van der Waals surface area contributed by atoms with Crippen LogP contribution in [0, 0.1) is 0 Å². The van der Waals surface area contributed by atoms with Crippen molar-refractivity contribution >= 4 is 5.97 Å². The molecule has 2 atom stereocenters. The lowest BCUT2D eigenvalue weighted by atomic mass is 9.77. The normalized spacial score (nSPS) is 26.5. The van der Waals surface area contributed by atoms with Crippen LogP contribution in [0.1, 0.15) is 40.0 Å². The molecule has 0 radical (unpaired) electrons. The van der Waals surface area contributed by atoms with Gasteiger partial charge in [-0.25, -0.2) is 4.79 Å². The van der Waals surface area contributed by atoms with Gasteiger partial charge < -0.3 is 40.6 Å². The van der Waals surface area contributed by atoms with Gasteiger partial charge in [-0.1, -0.05) is 0 Å². The van der Waals surface area contributed by atoms with E-state index in [1.165, 1.54) is 5.56 Å². The summed E-state index contributed by atoms with van der Waals surface area (Å²) in [4.78, 5) is 13.0. The molecule has 2 aromatic rings. The Balaban J connectivity index is 0.00000193. The molecule has 30 heavy (non-hydrogen) atoms. The van der Waals surface area contributed by atoms with Crippen molar-refractivity contribution in [3.63, 3.8) is 0 Å². The van der Waals surface area contributed by atoms with Crippen molar-refractivity contribution in [1.29, 1.82) is 0 Å². The number of halogens is 1. The minimum Gasteiger partial charge on any atom is -1.00 e. The van der Waals surface area contributed by atoms with Crippen molar-refractivity contribution in [2.45, 2.75) is 25.0 Å². The predicted molar refractivity (Wildman–Crippen MR) is 101 cm³/mol. The van der Waals surface area contributed by atoms with Gasteiger partial charge in [0.25, 0.3) is 0 Å². The van der Waals surface area contributed by atoms with E-state index in [1.807, 2.05) is 19.1 Å². The van der Waals surface area contributed by atoms with Crippen molar-refractivity contribution in [2.24, 2.45) is 0 Å². The monoisotopic (exact) mass is 431 g/mol. The SMILES string of the molecule is CC1(C2c3cc4c(cc3CC[N+]2(C)C)OCO4)OC(=O)c2c1ccc1c2OCO1.[Cl-]. The molecule has 4 aliphatic heterocycles. The fourth-order valence-electron chi connectivity index (χ4n) is 5.44. The Labute approximate surface area is 180 Å². The molecule has 0 N–H and O–H groups in total. The fourth-order valence-corrected chi connectivity index (χ4v) is 5.44. The molecular formula is C22H22ClNO6. The van der Waals surface area contributed by atoms with E-state index in [2.05, 4.69) is 26.2 Å². The number of nitrogens with zero attached hydrogens (tertiary/aromatic N) is 1. The Morgan fingerprint density at radius 1 is 1.00 bits per heavy atom. The van der Waals surface area contributed by atoms with E-state index in [1.54, 1.807) is 0 Å². The van der Waals surface area contributed by atoms with Gasteiger partial charge in [-0.05, 0) is 36.8 Å². The minimum absolute atomic E-state index is 0. The molecule has 2 unspecified atom stereocenters. The van der Waals surface area contributed by atoms with Crippen LogP contribution in [0.15, 0.2) is 24.3 Å². The van der Waals surface area contributed by atoms with E-state index in [4.69, 9.17) is 23.7 Å². The summed E-state index contributed by atoms with van der Waals surface area (Å²) in [7, 11) is 4.37. The maximum atomic E-state index is 13.0. The first-order valence-electron chi connectivity index (χ1n) is 9.80. The van der Waals surface area contributed by atoms with Crippen LogP contribution in [0.4, 0.5) is 0 Å². The molecule has 0 amide bonds. The van der Waals surface area contributed by atoms with E-state index >= 15 is 0 Å². The maximum absolute atomic E-state index is 13.0. The number of rotatable bonds is 1. The maximum Gasteiger partial charge on any atom is 0.343 e. The van der Waals surface area contributed by atoms with Gasteiger partial charge in [0.05, 0.1) is 20.6 Å². The number of benzene rings is 2. The number of ether oxygens (including phenoxy) is 5. The topological polar surface area (TPSA) is 63.2 Å². The van der Waals surface area contributed by atoms with E-state index in [9.17, 15) is 4.79 Å². The van der Waals surface area contributed by atoms with E-state index < -0.39 is 5.60 Å². The molecule has 8 heteroatoms. The quantitative estimate of drug-likeness (QED) is 0.464. The molecule has 0 spiro atoms. The van der Waals surface area contributed by atoms with Crippen LogP contribution < -0.4 is 31.4 Å². The minimum atomic E-state index is -0.847. The Bertz CT molecular complexity index is 1080. The Hall–Kier alpha value is -2.64. The molecule has 2 aromatic carbocycles. The van der Waals surface area contributed by atoms with Gasteiger partial charge in [-0.15, -0.1) is 0 Å². The Morgan fingerprint density at radius 3 is 2.50 bits per heavy atom. The number of carbonyl (C=O) groups is 1. The van der Waals surface area contributed by atoms with Crippen molar-refractivity contribution in [3.05, 3.63) is 46.5 Å². The molecule has 158 valence electrons. The lowest BCUT2D eigenvalue weighted by Gasteiger charge is -2.48. The number of fused-ring (bicyclic) bond motifs is 5. The smallest absolute Gasteiger partial charge is 0.343 e. The highest BCUT2D eigenvalue weighted by atomic mass is 35.5. The third-order valence-electron chi connectivity index (χ3n) is 6.69. The summed E-state index contributed by atoms with van der Waals surface area (Å²) in [5, 5.41) is 0. The summed E-state index contributed by atoms with van der Waals surface area (Å²) in [6, 6.07) is 7.84. The molecule has 0 saturated carbocycles. The number of hydrogen-bond donors (Lipinski definition) is 0. The number of likely N-dealkylation sites (N-methyl/N-ethyl adjacent to an activating group) is 1. The number of carbonyl (C=O) groups excluding carboxylic acids is 1. The first-order chi connectivity index (χ1) is 13.9. The van der Waals surface area contributed by atoms with Crippen molar-refractivity contribution in [2.75, 3.05) is 34.2 Å². The summed E-state index contributed by atoms with van der Waals surface area (Å²) in [5.74, 6) is 2.24. The number of esters is 1. The molecule has 7 nitrogen and oxygen atoms in total. The Morgan fingerprint density at radius 2 is 1.70 bits per heavy atom. The zero-order valence-corrected chi connectivity index (χ0v) is 17.7. The number of quaternary nitrogens is 1. The van der Waals surface area contributed by atoms with Crippen LogP contribution in [0.3, 0.4) is 0 Å². The van der Waals surface area contributed by atoms with Crippen LogP contribution in [0.5, 0.6) is 23.0 Å². The fraction of sp³-hybridized carbons (Fsp3) is 0.409. The summed E-state index contributed by atoms with van der Waals surface area (Å²) in [6.07, 6.45) is 0.924. The molecule has 0 aromatic heterocycles. The van der Waals surface area contributed by atoms with Crippen LogP contribution in [-0.4, -0.2) is 44.7 Å². The molecule has 6 rings (SSSR count).